The number of methoxy groups -OCH3 is 1. The first kappa shape index (κ1) is 16.3. The Balaban J connectivity index is 1.85. The number of nitrogens with zero attached hydrogens (tertiary/aromatic N) is 1. The summed E-state index contributed by atoms with van der Waals surface area (Å²) in [7, 11) is 4.65. The Kier molecular flexibility index (Phi) is 9.52. The molecule has 0 aliphatic rings. The predicted octanol–water partition coefficient (Wildman–Crippen LogP) is 2.38. The minimum Gasteiger partial charge on any atom is -0.469 e. The summed E-state index contributed by atoms with van der Waals surface area (Å²) in [5, 5.41) is 0.988. The van der Waals surface area contributed by atoms with Gasteiger partial charge in [0.15, 0.2) is 0 Å². The van der Waals surface area contributed by atoms with Gasteiger partial charge in [-0.1, -0.05) is 16.9 Å². The van der Waals surface area contributed by atoms with Crippen LogP contribution in [0.2, 0.25) is 0 Å². The Morgan fingerprint density at radius 1 is 1.32 bits per heavy atom. The van der Waals surface area contributed by atoms with Crippen LogP contribution >= 0.6 is 21.6 Å². The van der Waals surface area contributed by atoms with Crippen LogP contribution in [0.1, 0.15) is 6.42 Å². The normalized spacial score (nSPS) is 10.4. The molecule has 0 radical (unpaired) electrons. The standard InChI is InChI=1S/C12H17NO4S2/c1-15-12(14)5-7-16-10-17-8-9-18-19-11-4-2-3-6-13-11/h2-4,6H,5,7-10H2,1H3. The highest BCUT2D eigenvalue weighted by Gasteiger charge is 1.99. The van der Waals surface area contributed by atoms with E-state index in [-0.39, 0.29) is 19.2 Å². The molecule has 0 saturated carbocycles. The minimum atomic E-state index is -0.276. The maximum atomic E-state index is 10.8. The molecular weight excluding hydrogens is 286 g/mol. The highest BCUT2D eigenvalue weighted by atomic mass is 33.1. The van der Waals surface area contributed by atoms with Gasteiger partial charge < -0.3 is 14.2 Å². The van der Waals surface area contributed by atoms with Gasteiger partial charge >= 0.3 is 5.97 Å². The fourth-order valence-electron chi connectivity index (χ4n) is 1.03. The molecule has 0 unspecified atom stereocenters. The van der Waals surface area contributed by atoms with Crippen molar-refractivity contribution >= 4 is 27.6 Å². The Hall–Kier alpha value is -0.760. The first-order chi connectivity index (χ1) is 9.33. The van der Waals surface area contributed by atoms with E-state index in [1.807, 2.05) is 18.2 Å². The highest BCUT2D eigenvalue weighted by molar-refractivity contribution is 8.76. The van der Waals surface area contributed by atoms with Crippen LogP contribution in [0, 0.1) is 0 Å². The molecule has 1 heterocycles. The van der Waals surface area contributed by atoms with Crippen LogP contribution in [0.4, 0.5) is 0 Å². The van der Waals surface area contributed by atoms with Gasteiger partial charge in [0.1, 0.15) is 11.8 Å². The van der Waals surface area contributed by atoms with Crippen LogP contribution in [-0.4, -0.2) is 43.8 Å². The van der Waals surface area contributed by atoms with E-state index in [9.17, 15) is 4.79 Å². The van der Waals surface area contributed by atoms with Crippen molar-refractivity contribution in [3.8, 4) is 0 Å². The molecule has 0 N–H and O–H groups in total. The SMILES string of the molecule is COC(=O)CCOCOCCSSc1ccccn1. The summed E-state index contributed by atoms with van der Waals surface area (Å²) in [4.78, 5) is 15.0. The van der Waals surface area contributed by atoms with Crippen molar-refractivity contribution in [3.63, 3.8) is 0 Å². The van der Waals surface area contributed by atoms with E-state index >= 15 is 0 Å². The summed E-state index contributed by atoms with van der Waals surface area (Å²) in [6.07, 6.45) is 2.03. The van der Waals surface area contributed by atoms with Crippen LogP contribution in [0.5, 0.6) is 0 Å². The predicted molar refractivity (Wildman–Crippen MR) is 76.0 cm³/mol. The fraction of sp³-hybridized carbons (Fsp3) is 0.500. The third-order valence-corrected chi connectivity index (χ3v) is 4.17. The second-order valence-corrected chi connectivity index (χ2v) is 5.77. The number of aromatic nitrogens is 1. The van der Waals surface area contributed by atoms with E-state index in [0.717, 1.165) is 10.8 Å². The molecule has 0 fully saturated rings. The number of hydrogen-bond donors (Lipinski definition) is 0. The van der Waals surface area contributed by atoms with Gasteiger partial charge in [0, 0.05) is 11.9 Å². The zero-order valence-electron chi connectivity index (χ0n) is 10.7. The molecular formula is C12H17NO4S2. The van der Waals surface area contributed by atoms with Crippen molar-refractivity contribution in [3.05, 3.63) is 24.4 Å². The van der Waals surface area contributed by atoms with Crippen molar-refractivity contribution in [2.75, 3.05) is 32.9 Å². The molecule has 0 aliphatic carbocycles. The van der Waals surface area contributed by atoms with Gasteiger partial charge in [-0.2, -0.15) is 0 Å². The highest BCUT2D eigenvalue weighted by Crippen LogP contribution is 2.28. The molecule has 0 bridgehead atoms. The van der Waals surface area contributed by atoms with E-state index < -0.39 is 0 Å². The molecule has 0 aliphatic heterocycles. The third kappa shape index (κ3) is 8.88. The molecule has 7 heteroatoms. The monoisotopic (exact) mass is 303 g/mol. The minimum absolute atomic E-state index is 0.200. The number of carbonyl (C=O) groups is 1. The van der Waals surface area contributed by atoms with Crippen LogP contribution in [0.25, 0.3) is 0 Å². The average molecular weight is 303 g/mol. The number of carbonyl (C=O) groups excluding carboxylic acids is 1. The van der Waals surface area contributed by atoms with Gasteiger partial charge in [0.05, 0.1) is 26.7 Å². The molecule has 5 nitrogen and oxygen atoms in total. The van der Waals surface area contributed by atoms with E-state index in [4.69, 9.17) is 9.47 Å². The van der Waals surface area contributed by atoms with E-state index in [2.05, 4.69) is 9.72 Å². The van der Waals surface area contributed by atoms with Crippen LogP contribution in [0.3, 0.4) is 0 Å². The molecule has 19 heavy (non-hydrogen) atoms. The Bertz CT molecular complexity index is 351. The Morgan fingerprint density at radius 2 is 2.16 bits per heavy atom. The second-order valence-electron chi connectivity index (χ2n) is 3.33. The summed E-state index contributed by atoms with van der Waals surface area (Å²) in [5.41, 5.74) is 0. The average Bonchev–Trinajstić information content (AvgIpc) is 2.46. The zero-order valence-corrected chi connectivity index (χ0v) is 12.4. The van der Waals surface area contributed by atoms with Crippen LogP contribution in [-0.2, 0) is 19.0 Å². The van der Waals surface area contributed by atoms with E-state index in [0.29, 0.717) is 13.2 Å². The van der Waals surface area contributed by atoms with Gasteiger partial charge in [0.25, 0.3) is 0 Å². The quantitative estimate of drug-likeness (QED) is 0.285. The molecule has 0 amide bonds. The number of rotatable bonds is 10. The maximum absolute atomic E-state index is 10.8. The summed E-state index contributed by atoms with van der Waals surface area (Å²) in [6, 6.07) is 5.82. The molecule has 0 aromatic carbocycles. The number of pyridine rings is 1. The first-order valence-electron chi connectivity index (χ1n) is 5.75. The van der Waals surface area contributed by atoms with Crippen LogP contribution < -0.4 is 0 Å². The number of esters is 1. The zero-order chi connectivity index (χ0) is 13.8. The molecule has 0 saturated heterocycles. The van der Waals surface area contributed by atoms with Gasteiger partial charge in [-0.3, -0.25) is 4.79 Å². The summed E-state index contributed by atoms with van der Waals surface area (Å²) in [5.74, 6) is 0.573. The van der Waals surface area contributed by atoms with Crippen molar-refractivity contribution in [1.82, 2.24) is 4.98 Å². The lowest BCUT2D eigenvalue weighted by Crippen LogP contribution is -2.08. The largest absolute Gasteiger partial charge is 0.469 e. The van der Waals surface area contributed by atoms with Crippen molar-refractivity contribution < 1.29 is 19.0 Å². The van der Waals surface area contributed by atoms with Crippen molar-refractivity contribution in [2.45, 2.75) is 11.4 Å². The molecule has 0 atom stereocenters. The van der Waals surface area contributed by atoms with Gasteiger partial charge in [-0.15, -0.1) is 0 Å². The molecule has 1 rings (SSSR count). The smallest absolute Gasteiger partial charge is 0.307 e. The van der Waals surface area contributed by atoms with Gasteiger partial charge in [-0.25, -0.2) is 4.98 Å². The summed E-state index contributed by atoms with van der Waals surface area (Å²) < 4.78 is 14.9. The summed E-state index contributed by atoms with van der Waals surface area (Å²) >= 11 is 0. The Morgan fingerprint density at radius 3 is 2.89 bits per heavy atom. The lowest BCUT2D eigenvalue weighted by Gasteiger charge is -2.05. The molecule has 1 aromatic rings. The second kappa shape index (κ2) is 11.1. The van der Waals surface area contributed by atoms with E-state index in [1.54, 1.807) is 27.8 Å². The topological polar surface area (TPSA) is 57.7 Å². The Labute approximate surface area is 120 Å². The third-order valence-electron chi connectivity index (χ3n) is 1.94. The fourth-order valence-corrected chi connectivity index (χ4v) is 2.77. The van der Waals surface area contributed by atoms with E-state index in [1.165, 1.54) is 7.11 Å². The lowest BCUT2D eigenvalue weighted by atomic mass is 10.5. The van der Waals surface area contributed by atoms with Gasteiger partial charge in [-0.05, 0) is 22.9 Å². The maximum Gasteiger partial charge on any atom is 0.307 e. The molecule has 0 spiro atoms. The summed E-state index contributed by atoms with van der Waals surface area (Å²) in [6.45, 7) is 1.12. The lowest BCUT2D eigenvalue weighted by molar-refractivity contribution is -0.143. The molecule has 1 aromatic heterocycles. The van der Waals surface area contributed by atoms with Gasteiger partial charge in [0.2, 0.25) is 0 Å². The molecule has 106 valence electrons. The van der Waals surface area contributed by atoms with Crippen LogP contribution in [0.15, 0.2) is 29.4 Å². The number of ether oxygens (including phenoxy) is 3. The van der Waals surface area contributed by atoms with Crippen molar-refractivity contribution in [1.29, 1.82) is 0 Å². The number of hydrogen-bond acceptors (Lipinski definition) is 7. The van der Waals surface area contributed by atoms with Crippen molar-refractivity contribution in [2.24, 2.45) is 0 Å². The first-order valence-corrected chi connectivity index (χ1v) is 8.07.